The van der Waals surface area contributed by atoms with Gasteiger partial charge in [0.05, 0.1) is 31.1 Å². The van der Waals surface area contributed by atoms with Crippen molar-refractivity contribution in [2.45, 2.75) is 19.6 Å². The number of fused-ring (bicyclic) bond motifs is 1. The second kappa shape index (κ2) is 6.89. The van der Waals surface area contributed by atoms with Crippen LogP contribution in [-0.2, 0) is 16.6 Å². The van der Waals surface area contributed by atoms with Gasteiger partial charge in [-0.25, -0.2) is 4.79 Å². The number of hydrogen-bond acceptors (Lipinski definition) is 4. The molecule has 4 nitrogen and oxygen atoms in total. The zero-order valence-electron chi connectivity index (χ0n) is 12.9. The molecule has 2 rings (SSSR count). The largest absolute Gasteiger partial charge is 0.494 e. The van der Waals surface area contributed by atoms with Crippen molar-refractivity contribution in [1.82, 2.24) is 0 Å². The summed E-state index contributed by atoms with van der Waals surface area (Å²) in [6, 6.07) is 5.19. The third-order valence-electron chi connectivity index (χ3n) is 2.92. The van der Waals surface area contributed by atoms with E-state index in [4.69, 9.17) is 13.9 Å². The Balaban J connectivity index is 2.70. The number of benzene rings is 1. The topological polar surface area (TPSA) is 48.7 Å². The molecular formula is C16H21O4S+. The molecule has 114 valence electrons. The van der Waals surface area contributed by atoms with Crippen molar-refractivity contribution in [3.05, 3.63) is 34.2 Å². The lowest BCUT2D eigenvalue weighted by atomic mass is 10.1. The van der Waals surface area contributed by atoms with Gasteiger partial charge in [0.2, 0.25) is 0 Å². The highest BCUT2D eigenvalue weighted by Crippen LogP contribution is 2.33. The predicted molar refractivity (Wildman–Crippen MR) is 87.7 cm³/mol. The Morgan fingerprint density at radius 3 is 2.43 bits per heavy atom. The summed E-state index contributed by atoms with van der Waals surface area (Å²) in [5.41, 5.74) is 1.16. The first-order chi connectivity index (χ1) is 10.0. The Morgan fingerprint density at radius 1 is 1.10 bits per heavy atom. The molecule has 0 saturated heterocycles. The highest BCUT2D eigenvalue weighted by atomic mass is 32.2. The zero-order valence-corrected chi connectivity index (χ0v) is 13.7. The molecule has 0 aliphatic carbocycles. The van der Waals surface area contributed by atoms with Gasteiger partial charge in [-0.05, 0) is 24.7 Å². The van der Waals surface area contributed by atoms with Gasteiger partial charge in [0.25, 0.3) is 0 Å². The fraction of sp³-hybridized carbons (Fsp3) is 0.438. The molecule has 0 radical (unpaired) electrons. The molecule has 0 saturated carbocycles. The summed E-state index contributed by atoms with van der Waals surface area (Å²) in [4.78, 5) is 11.8. The third kappa shape index (κ3) is 3.73. The van der Waals surface area contributed by atoms with Crippen molar-refractivity contribution in [3.8, 4) is 11.5 Å². The van der Waals surface area contributed by atoms with E-state index >= 15 is 0 Å². The van der Waals surface area contributed by atoms with E-state index in [1.54, 1.807) is 12.1 Å². The van der Waals surface area contributed by atoms with Gasteiger partial charge >= 0.3 is 5.63 Å². The molecule has 21 heavy (non-hydrogen) atoms. The number of hydrogen-bond donors (Lipinski definition) is 0. The van der Waals surface area contributed by atoms with Gasteiger partial charge in [0.1, 0.15) is 22.8 Å². The maximum absolute atomic E-state index is 11.8. The maximum Gasteiger partial charge on any atom is 0.336 e. The van der Waals surface area contributed by atoms with Crippen molar-refractivity contribution in [2.75, 3.05) is 25.7 Å². The van der Waals surface area contributed by atoms with Crippen LogP contribution in [0.1, 0.15) is 19.4 Å². The van der Waals surface area contributed by atoms with E-state index in [1.165, 1.54) is 0 Å². The van der Waals surface area contributed by atoms with Gasteiger partial charge in [-0.15, -0.1) is 0 Å². The molecule has 2 aromatic rings. The van der Waals surface area contributed by atoms with E-state index in [2.05, 4.69) is 12.5 Å². The molecule has 0 unspecified atom stereocenters. The lowest BCUT2D eigenvalue weighted by molar-refractivity contribution is 0.325. The minimum Gasteiger partial charge on any atom is -0.494 e. The summed E-state index contributed by atoms with van der Waals surface area (Å²) in [5, 5.41) is 0.876. The average Bonchev–Trinajstić information content (AvgIpc) is 2.37. The van der Waals surface area contributed by atoms with E-state index in [-0.39, 0.29) is 16.5 Å². The monoisotopic (exact) mass is 309 g/mol. The smallest absolute Gasteiger partial charge is 0.336 e. The lowest BCUT2D eigenvalue weighted by Crippen LogP contribution is -2.07. The van der Waals surface area contributed by atoms with Crippen LogP contribution in [0.15, 0.2) is 27.4 Å². The molecule has 1 heterocycles. The van der Waals surface area contributed by atoms with Gasteiger partial charge in [0.15, 0.2) is 0 Å². The first-order valence-corrected chi connectivity index (χ1v) is 9.16. The van der Waals surface area contributed by atoms with Crippen molar-refractivity contribution in [3.63, 3.8) is 0 Å². The number of rotatable bonds is 6. The zero-order chi connectivity index (χ0) is 15.4. The summed E-state index contributed by atoms with van der Waals surface area (Å²) in [5.74, 6) is 2.19. The van der Waals surface area contributed by atoms with Crippen LogP contribution in [-0.4, -0.2) is 25.7 Å². The van der Waals surface area contributed by atoms with Crippen LogP contribution in [0.4, 0.5) is 0 Å². The van der Waals surface area contributed by atoms with Gasteiger partial charge in [-0.1, -0.05) is 0 Å². The lowest BCUT2D eigenvalue weighted by Gasteiger charge is -2.12. The first kappa shape index (κ1) is 15.8. The van der Waals surface area contributed by atoms with Gasteiger partial charge in [-0.3, -0.25) is 0 Å². The molecule has 0 spiro atoms. The van der Waals surface area contributed by atoms with Crippen LogP contribution in [0, 0.1) is 0 Å². The molecule has 0 bridgehead atoms. The van der Waals surface area contributed by atoms with E-state index in [0.717, 1.165) is 16.7 Å². The molecule has 1 aromatic heterocycles. The number of ether oxygens (including phenoxy) is 2. The normalized spacial score (nSPS) is 11.1. The standard InChI is InChI=1S/C16H21O4S/c1-5-18-12-8-13(19-6-2)16-11(10-21(3)4)7-15(17)20-14(16)9-12/h7-9H,5-6,10H2,1-4H3/q+1. The second-order valence-electron chi connectivity index (χ2n) is 4.88. The average molecular weight is 309 g/mol. The fourth-order valence-electron chi connectivity index (χ4n) is 2.26. The summed E-state index contributed by atoms with van der Waals surface area (Å²) in [6.45, 7) is 4.95. The minimum absolute atomic E-state index is 0.181. The summed E-state index contributed by atoms with van der Waals surface area (Å²) < 4.78 is 16.6. The summed E-state index contributed by atoms with van der Waals surface area (Å²) in [7, 11) is 0.181. The van der Waals surface area contributed by atoms with E-state index in [9.17, 15) is 4.79 Å². The second-order valence-corrected chi connectivity index (χ2v) is 7.14. The highest BCUT2D eigenvalue weighted by molar-refractivity contribution is 7.94. The van der Waals surface area contributed by atoms with Crippen molar-refractivity contribution < 1.29 is 13.9 Å². The first-order valence-electron chi connectivity index (χ1n) is 6.95. The molecule has 0 amide bonds. The van der Waals surface area contributed by atoms with Crippen LogP contribution in [0.3, 0.4) is 0 Å². The summed E-state index contributed by atoms with van der Waals surface area (Å²) >= 11 is 0. The molecule has 1 aromatic carbocycles. The molecule has 5 heteroatoms. The van der Waals surface area contributed by atoms with E-state index in [1.807, 2.05) is 19.9 Å². The summed E-state index contributed by atoms with van der Waals surface area (Å²) in [6.07, 6.45) is 4.30. The van der Waals surface area contributed by atoms with Crippen LogP contribution < -0.4 is 15.1 Å². The molecular weight excluding hydrogens is 288 g/mol. The van der Waals surface area contributed by atoms with Crippen LogP contribution in [0.2, 0.25) is 0 Å². The quantitative estimate of drug-likeness (QED) is 0.608. The highest BCUT2D eigenvalue weighted by Gasteiger charge is 2.17. The Bertz CT molecular complexity index is 676. The van der Waals surface area contributed by atoms with E-state index in [0.29, 0.717) is 30.3 Å². The van der Waals surface area contributed by atoms with Crippen molar-refractivity contribution in [2.24, 2.45) is 0 Å². The SMILES string of the molecule is CCOc1cc(OCC)c2c(C[S+](C)C)cc(=O)oc2c1. The van der Waals surface area contributed by atoms with Crippen molar-refractivity contribution in [1.29, 1.82) is 0 Å². The van der Waals surface area contributed by atoms with Gasteiger partial charge < -0.3 is 13.9 Å². The van der Waals surface area contributed by atoms with Crippen molar-refractivity contribution >= 4 is 21.9 Å². The van der Waals surface area contributed by atoms with Gasteiger partial charge in [-0.2, -0.15) is 0 Å². The fourth-order valence-corrected chi connectivity index (χ4v) is 3.11. The van der Waals surface area contributed by atoms with Crippen LogP contribution in [0.5, 0.6) is 11.5 Å². The molecule has 0 atom stereocenters. The Kier molecular flexibility index (Phi) is 5.17. The van der Waals surface area contributed by atoms with Gasteiger partial charge in [0, 0.05) is 23.8 Å². The third-order valence-corrected chi connectivity index (χ3v) is 3.81. The molecule has 0 N–H and O–H groups in total. The minimum atomic E-state index is -0.334. The van der Waals surface area contributed by atoms with Crippen LogP contribution >= 0.6 is 0 Å². The molecule has 0 fully saturated rings. The maximum atomic E-state index is 11.8. The van der Waals surface area contributed by atoms with E-state index < -0.39 is 0 Å². The molecule has 0 aliphatic rings. The van der Waals surface area contributed by atoms with Crippen LogP contribution in [0.25, 0.3) is 11.0 Å². The Labute approximate surface area is 127 Å². The molecule has 0 aliphatic heterocycles. The Hall–Kier alpha value is -1.62. The predicted octanol–water partition coefficient (Wildman–Crippen LogP) is 2.97. The Morgan fingerprint density at radius 2 is 1.81 bits per heavy atom.